The highest BCUT2D eigenvalue weighted by atomic mass is 16.5. The second-order valence-electron chi connectivity index (χ2n) is 10.5. The molecule has 5 heteroatoms. The third-order valence-electron chi connectivity index (χ3n) is 7.63. The van der Waals surface area contributed by atoms with Crippen LogP contribution in [0.3, 0.4) is 0 Å². The first-order chi connectivity index (χ1) is 14.4. The number of nitrogens with zero attached hydrogens (tertiary/aromatic N) is 2. The van der Waals surface area contributed by atoms with Crippen LogP contribution in [0.15, 0.2) is 24.3 Å². The number of fused-ring (bicyclic) bond motifs is 1. The minimum absolute atomic E-state index is 0.320. The molecule has 1 aromatic carbocycles. The van der Waals surface area contributed by atoms with Gasteiger partial charge in [0.15, 0.2) is 0 Å². The Hall–Kier alpha value is -1.14. The summed E-state index contributed by atoms with van der Waals surface area (Å²) < 4.78 is 5.84. The molecule has 4 rings (SSSR count). The van der Waals surface area contributed by atoms with Crippen molar-refractivity contribution in [2.45, 2.75) is 64.2 Å². The fourth-order valence-corrected chi connectivity index (χ4v) is 5.78. The average Bonchev–Trinajstić information content (AvgIpc) is 3.29. The van der Waals surface area contributed by atoms with E-state index >= 15 is 0 Å². The number of piperidine rings is 1. The van der Waals surface area contributed by atoms with Gasteiger partial charge in [0.05, 0.1) is 5.60 Å². The van der Waals surface area contributed by atoms with Crippen molar-refractivity contribution in [3.63, 3.8) is 0 Å². The molecule has 2 aliphatic heterocycles. The molecule has 3 atom stereocenters. The predicted molar refractivity (Wildman–Crippen MR) is 120 cm³/mol. The maximum absolute atomic E-state index is 10.4. The van der Waals surface area contributed by atoms with Crippen molar-refractivity contribution in [2.75, 3.05) is 39.3 Å². The van der Waals surface area contributed by atoms with Crippen molar-refractivity contribution in [2.24, 2.45) is 17.8 Å². The SMILES string of the molecule is CC(C)(O)C1CCN(CC(O)COc2ccc(CN3C[C@H]4CCC[C@H]4C3)cc2)CC1. The molecule has 168 valence electrons. The molecular weight excluding hydrogens is 376 g/mol. The zero-order valence-corrected chi connectivity index (χ0v) is 18.8. The van der Waals surface area contributed by atoms with Crippen LogP contribution in [-0.2, 0) is 6.54 Å². The Morgan fingerprint density at radius 2 is 1.63 bits per heavy atom. The molecule has 1 aromatic rings. The molecule has 1 saturated carbocycles. The monoisotopic (exact) mass is 416 g/mol. The van der Waals surface area contributed by atoms with Gasteiger partial charge in [0.25, 0.3) is 0 Å². The Bertz CT molecular complexity index is 652. The van der Waals surface area contributed by atoms with Gasteiger partial charge in [-0.1, -0.05) is 18.6 Å². The van der Waals surface area contributed by atoms with Crippen LogP contribution >= 0.6 is 0 Å². The molecule has 2 saturated heterocycles. The largest absolute Gasteiger partial charge is 0.491 e. The van der Waals surface area contributed by atoms with E-state index in [1.165, 1.54) is 37.9 Å². The summed E-state index contributed by atoms with van der Waals surface area (Å²) in [6.45, 7) is 10.2. The first-order valence-corrected chi connectivity index (χ1v) is 11.9. The summed E-state index contributed by atoms with van der Waals surface area (Å²) in [5.41, 5.74) is 0.741. The van der Waals surface area contributed by atoms with Crippen LogP contribution < -0.4 is 4.74 Å². The first kappa shape index (κ1) is 22.1. The maximum atomic E-state index is 10.4. The summed E-state index contributed by atoms with van der Waals surface area (Å²) in [6.07, 6.45) is 5.75. The minimum Gasteiger partial charge on any atom is -0.491 e. The second kappa shape index (κ2) is 9.56. The summed E-state index contributed by atoms with van der Waals surface area (Å²) >= 11 is 0. The number of benzene rings is 1. The molecule has 3 aliphatic rings. The van der Waals surface area contributed by atoms with Gasteiger partial charge in [-0.2, -0.15) is 0 Å². The third-order valence-corrected chi connectivity index (χ3v) is 7.63. The molecule has 2 N–H and O–H groups in total. The molecular formula is C25H40N2O3. The Morgan fingerprint density at radius 1 is 1.00 bits per heavy atom. The van der Waals surface area contributed by atoms with Gasteiger partial charge in [0.1, 0.15) is 18.5 Å². The molecule has 3 fully saturated rings. The van der Waals surface area contributed by atoms with E-state index < -0.39 is 11.7 Å². The van der Waals surface area contributed by atoms with E-state index in [0.717, 1.165) is 50.1 Å². The minimum atomic E-state index is -0.604. The van der Waals surface area contributed by atoms with Crippen molar-refractivity contribution in [3.05, 3.63) is 29.8 Å². The average molecular weight is 417 g/mol. The van der Waals surface area contributed by atoms with Gasteiger partial charge in [-0.15, -0.1) is 0 Å². The van der Waals surface area contributed by atoms with Crippen molar-refractivity contribution in [1.82, 2.24) is 9.80 Å². The Kier molecular flexibility index (Phi) is 7.03. The molecule has 2 heterocycles. The van der Waals surface area contributed by atoms with Gasteiger partial charge in [0.2, 0.25) is 0 Å². The summed E-state index contributed by atoms with van der Waals surface area (Å²) in [4.78, 5) is 4.89. The number of β-amino-alcohol motifs (C(OH)–C–C–N with tert-alkyl or cyclic N) is 1. The fourth-order valence-electron chi connectivity index (χ4n) is 5.78. The highest BCUT2D eigenvalue weighted by Crippen LogP contribution is 2.38. The molecule has 30 heavy (non-hydrogen) atoms. The van der Waals surface area contributed by atoms with Crippen LogP contribution in [-0.4, -0.2) is 71.0 Å². The smallest absolute Gasteiger partial charge is 0.119 e. The Labute approximate surface area is 182 Å². The number of hydrogen-bond acceptors (Lipinski definition) is 5. The van der Waals surface area contributed by atoms with Gasteiger partial charge in [-0.05, 0) is 88.1 Å². The molecule has 5 nitrogen and oxygen atoms in total. The van der Waals surface area contributed by atoms with Crippen molar-refractivity contribution < 1.29 is 14.9 Å². The Morgan fingerprint density at radius 3 is 2.23 bits per heavy atom. The van der Waals surface area contributed by atoms with Gasteiger partial charge >= 0.3 is 0 Å². The summed E-state index contributed by atoms with van der Waals surface area (Å²) in [5, 5.41) is 20.6. The van der Waals surface area contributed by atoms with Gasteiger partial charge in [0, 0.05) is 26.2 Å². The van der Waals surface area contributed by atoms with Crippen LogP contribution in [0, 0.1) is 17.8 Å². The molecule has 0 spiro atoms. The number of hydrogen-bond donors (Lipinski definition) is 2. The van der Waals surface area contributed by atoms with E-state index in [-0.39, 0.29) is 0 Å². The van der Waals surface area contributed by atoms with Crippen molar-refractivity contribution in [1.29, 1.82) is 0 Å². The first-order valence-electron chi connectivity index (χ1n) is 11.9. The van der Waals surface area contributed by atoms with Crippen molar-refractivity contribution in [3.8, 4) is 5.75 Å². The van der Waals surface area contributed by atoms with Gasteiger partial charge < -0.3 is 19.8 Å². The summed E-state index contributed by atoms with van der Waals surface area (Å²) in [7, 11) is 0. The van der Waals surface area contributed by atoms with E-state index in [0.29, 0.717) is 19.1 Å². The number of aliphatic hydroxyl groups is 2. The van der Waals surface area contributed by atoms with Crippen LogP contribution in [0.1, 0.15) is 51.5 Å². The highest BCUT2D eigenvalue weighted by molar-refractivity contribution is 5.27. The van der Waals surface area contributed by atoms with E-state index in [1.54, 1.807) is 0 Å². The number of aliphatic hydroxyl groups excluding tert-OH is 1. The predicted octanol–water partition coefficient (Wildman–Crippen LogP) is 3.14. The van der Waals surface area contributed by atoms with Crippen LogP contribution in [0.4, 0.5) is 0 Å². The molecule has 0 amide bonds. The lowest BCUT2D eigenvalue weighted by atomic mass is 9.83. The van der Waals surface area contributed by atoms with E-state index in [9.17, 15) is 10.2 Å². The number of ether oxygens (including phenoxy) is 1. The van der Waals surface area contributed by atoms with Gasteiger partial charge in [-0.3, -0.25) is 4.90 Å². The fraction of sp³-hybridized carbons (Fsp3) is 0.760. The summed E-state index contributed by atoms with van der Waals surface area (Å²) in [5.74, 6) is 3.06. The number of rotatable bonds is 8. The van der Waals surface area contributed by atoms with E-state index in [2.05, 4.69) is 21.9 Å². The number of likely N-dealkylation sites (tertiary alicyclic amines) is 2. The normalized spacial score (nSPS) is 27.3. The summed E-state index contributed by atoms with van der Waals surface area (Å²) in [6, 6.07) is 8.40. The third kappa shape index (κ3) is 5.76. The topological polar surface area (TPSA) is 56.2 Å². The highest BCUT2D eigenvalue weighted by Gasteiger charge is 2.35. The van der Waals surface area contributed by atoms with E-state index in [4.69, 9.17) is 4.74 Å². The lowest BCUT2D eigenvalue weighted by Gasteiger charge is -2.38. The lowest BCUT2D eigenvalue weighted by Crippen LogP contribution is -2.45. The van der Waals surface area contributed by atoms with Crippen LogP contribution in [0.5, 0.6) is 5.75 Å². The zero-order chi connectivity index (χ0) is 21.1. The molecule has 0 bridgehead atoms. The molecule has 1 unspecified atom stereocenters. The molecule has 1 aliphatic carbocycles. The quantitative estimate of drug-likeness (QED) is 0.682. The Balaban J connectivity index is 1.15. The van der Waals surface area contributed by atoms with Crippen LogP contribution in [0.25, 0.3) is 0 Å². The molecule has 0 radical (unpaired) electrons. The molecule has 0 aromatic heterocycles. The standard InChI is InChI=1S/C25H40N2O3/c1-25(2,29)22-10-12-26(13-11-22)17-23(28)18-30-24-8-6-19(7-9-24)14-27-15-20-4-3-5-21(20)16-27/h6-9,20-23,28-29H,3-5,10-18H2,1-2H3/t20-,21+,23?. The lowest BCUT2D eigenvalue weighted by molar-refractivity contribution is -0.0206. The maximum Gasteiger partial charge on any atom is 0.119 e. The zero-order valence-electron chi connectivity index (χ0n) is 18.8. The second-order valence-corrected chi connectivity index (χ2v) is 10.5. The van der Waals surface area contributed by atoms with Gasteiger partial charge in [-0.25, -0.2) is 0 Å². The van der Waals surface area contributed by atoms with Crippen LogP contribution in [0.2, 0.25) is 0 Å². The van der Waals surface area contributed by atoms with Crippen molar-refractivity contribution >= 4 is 0 Å². The van der Waals surface area contributed by atoms with E-state index in [1.807, 2.05) is 26.0 Å².